The fraction of sp³-hybridized carbons (Fsp3) is 0.286. The lowest BCUT2D eigenvalue weighted by Gasteiger charge is -2.23. The lowest BCUT2D eigenvalue weighted by Crippen LogP contribution is -2.39. The van der Waals surface area contributed by atoms with Crippen molar-refractivity contribution in [1.82, 2.24) is 14.3 Å². The van der Waals surface area contributed by atoms with Crippen molar-refractivity contribution in [2.75, 3.05) is 13.1 Å². The summed E-state index contributed by atoms with van der Waals surface area (Å²) < 4.78 is 41.8. The van der Waals surface area contributed by atoms with Crippen LogP contribution in [0, 0.1) is 5.82 Å². The molecule has 1 aromatic heterocycles. The Labute approximate surface area is 198 Å². The van der Waals surface area contributed by atoms with Crippen molar-refractivity contribution in [2.24, 2.45) is 0 Å². The number of nitrogens with one attached hydrogen (secondary N) is 1. The van der Waals surface area contributed by atoms with E-state index in [0.717, 1.165) is 4.31 Å². The highest BCUT2D eigenvalue weighted by molar-refractivity contribution is 9.10. The summed E-state index contributed by atoms with van der Waals surface area (Å²) in [5.74, 6) is -0.0345. The van der Waals surface area contributed by atoms with E-state index in [1.54, 1.807) is 18.2 Å². The van der Waals surface area contributed by atoms with Gasteiger partial charge in [0.15, 0.2) is 0 Å². The quantitative estimate of drug-likeness (QED) is 0.463. The topological polar surface area (TPSA) is 107 Å². The van der Waals surface area contributed by atoms with Crippen molar-refractivity contribution in [3.8, 4) is 22.6 Å². The lowest BCUT2D eigenvalue weighted by molar-refractivity contribution is 0.144. The standard InChI is InChI=1S/C21H20BrClFN3O4S/c22-16-5-1-12(7-18(16)24)19-9-25-21(26-19)13-2-6-17(23)20(8-13)32(30,31)27-10-14(28)3-4-15(29)11-27/h1-2,5-9,14-15,28-29H,3-4,10-11H2,(H,25,26)/t14-,15?/m0/s1. The highest BCUT2D eigenvalue weighted by atomic mass is 79.9. The van der Waals surface area contributed by atoms with E-state index in [2.05, 4.69) is 25.9 Å². The van der Waals surface area contributed by atoms with Gasteiger partial charge in [-0.3, -0.25) is 0 Å². The number of aliphatic hydroxyl groups excluding tert-OH is 2. The van der Waals surface area contributed by atoms with Crippen LogP contribution >= 0.6 is 27.5 Å². The van der Waals surface area contributed by atoms with E-state index < -0.39 is 28.0 Å². The molecule has 2 atom stereocenters. The van der Waals surface area contributed by atoms with E-state index in [-0.39, 0.29) is 23.0 Å². The fourth-order valence-corrected chi connectivity index (χ4v) is 5.84. The Morgan fingerprint density at radius 3 is 2.41 bits per heavy atom. The van der Waals surface area contributed by atoms with Crippen LogP contribution in [0.15, 0.2) is 52.0 Å². The zero-order chi connectivity index (χ0) is 23.0. The van der Waals surface area contributed by atoms with Gasteiger partial charge >= 0.3 is 0 Å². The Morgan fingerprint density at radius 1 is 1.09 bits per heavy atom. The Kier molecular flexibility index (Phi) is 6.71. The third-order valence-electron chi connectivity index (χ3n) is 5.29. The van der Waals surface area contributed by atoms with Crippen LogP contribution in [0.3, 0.4) is 0 Å². The number of nitrogens with zero attached hydrogens (tertiary/aromatic N) is 2. The molecule has 0 amide bonds. The molecule has 3 aromatic rings. The van der Waals surface area contributed by atoms with Crippen molar-refractivity contribution in [3.05, 3.63) is 57.9 Å². The van der Waals surface area contributed by atoms with Crippen LogP contribution in [-0.2, 0) is 10.0 Å². The van der Waals surface area contributed by atoms with E-state index in [1.165, 1.54) is 24.4 Å². The molecule has 7 nitrogen and oxygen atoms in total. The number of aromatic amines is 1. The molecule has 1 unspecified atom stereocenters. The Morgan fingerprint density at radius 2 is 1.75 bits per heavy atom. The van der Waals surface area contributed by atoms with E-state index in [4.69, 9.17) is 11.6 Å². The minimum atomic E-state index is -4.08. The Bertz CT molecular complexity index is 1240. The summed E-state index contributed by atoms with van der Waals surface area (Å²) >= 11 is 9.34. The Hall–Kier alpha value is -1.82. The van der Waals surface area contributed by atoms with Gasteiger partial charge in [0.05, 0.1) is 33.6 Å². The zero-order valence-electron chi connectivity index (χ0n) is 16.7. The largest absolute Gasteiger partial charge is 0.392 e. The number of aliphatic hydroxyl groups is 2. The van der Waals surface area contributed by atoms with Gasteiger partial charge in [0, 0.05) is 24.2 Å². The highest BCUT2D eigenvalue weighted by Crippen LogP contribution is 2.32. The van der Waals surface area contributed by atoms with E-state index >= 15 is 0 Å². The normalized spacial score (nSPS) is 20.3. The van der Waals surface area contributed by atoms with Crippen molar-refractivity contribution in [3.63, 3.8) is 0 Å². The number of hydrogen-bond acceptors (Lipinski definition) is 5. The van der Waals surface area contributed by atoms with E-state index in [0.29, 0.717) is 40.0 Å². The fourth-order valence-electron chi connectivity index (χ4n) is 3.57. The summed E-state index contributed by atoms with van der Waals surface area (Å²) in [6.45, 7) is -0.250. The molecule has 0 bridgehead atoms. The molecule has 4 rings (SSSR count). The number of aromatic nitrogens is 2. The van der Waals surface area contributed by atoms with Gasteiger partial charge < -0.3 is 15.2 Å². The number of benzene rings is 2. The predicted octanol–water partition coefficient (Wildman–Crippen LogP) is 3.81. The Balaban J connectivity index is 1.69. The van der Waals surface area contributed by atoms with Gasteiger partial charge in [0.2, 0.25) is 10.0 Å². The number of H-pyrrole nitrogens is 1. The molecule has 1 fully saturated rings. The minimum absolute atomic E-state index is 0.0173. The number of imidazole rings is 1. The average Bonchev–Trinajstić information content (AvgIpc) is 3.17. The first-order valence-electron chi connectivity index (χ1n) is 9.82. The number of hydrogen-bond donors (Lipinski definition) is 3. The molecule has 1 saturated heterocycles. The highest BCUT2D eigenvalue weighted by Gasteiger charge is 2.33. The van der Waals surface area contributed by atoms with Gasteiger partial charge in [-0.05, 0) is 59.1 Å². The maximum Gasteiger partial charge on any atom is 0.244 e. The average molecular weight is 545 g/mol. The monoisotopic (exact) mass is 543 g/mol. The minimum Gasteiger partial charge on any atom is -0.392 e. The number of halogens is 3. The zero-order valence-corrected chi connectivity index (χ0v) is 19.8. The summed E-state index contributed by atoms with van der Waals surface area (Å²) in [7, 11) is -4.08. The van der Waals surface area contributed by atoms with E-state index in [1.807, 2.05) is 0 Å². The molecule has 2 heterocycles. The molecule has 11 heteroatoms. The molecular formula is C21H20BrClFN3O4S. The smallest absolute Gasteiger partial charge is 0.244 e. The lowest BCUT2D eigenvalue weighted by atomic mass is 10.1. The van der Waals surface area contributed by atoms with Crippen LogP contribution in [0.4, 0.5) is 4.39 Å². The first-order chi connectivity index (χ1) is 15.1. The van der Waals surface area contributed by atoms with Gasteiger partial charge in [0.25, 0.3) is 0 Å². The first kappa shape index (κ1) is 23.3. The molecule has 32 heavy (non-hydrogen) atoms. The van der Waals surface area contributed by atoms with Gasteiger partial charge in [-0.15, -0.1) is 0 Å². The van der Waals surface area contributed by atoms with Crippen molar-refractivity contribution in [2.45, 2.75) is 29.9 Å². The summed E-state index contributed by atoms with van der Waals surface area (Å²) in [6.07, 6.45) is 0.410. The molecule has 0 radical (unpaired) electrons. The number of rotatable bonds is 4. The third kappa shape index (κ3) is 4.75. The van der Waals surface area contributed by atoms with Crippen molar-refractivity contribution < 1.29 is 23.0 Å². The molecule has 0 spiro atoms. The summed E-state index contributed by atoms with van der Waals surface area (Å²) in [5.41, 5.74) is 1.61. The van der Waals surface area contributed by atoms with Crippen LogP contribution in [0.5, 0.6) is 0 Å². The van der Waals surface area contributed by atoms with Gasteiger partial charge in [-0.1, -0.05) is 17.7 Å². The van der Waals surface area contributed by atoms with Crippen LogP contribution in [0.2, 0.25) is 5.02 Å². The first-order valence-corrected chi connectivity index (χ1v) is 12.4. The summed E-state index contributed by atoms with van der Waals surface area (Å²) in [4.78, 5) is 7.22. The third-order valence-corrected chi connectivity index (χ3v) is 8.25. The second-order valence-electron chi connectivity index (χ2n) is 7.63. The SMILES string of the molecule is O=S(=O)(c1cc(-c2ncc(-c3ccc(Br)c(F)c3)[nH]2)ccc1Cl)N1CC(O)CC[C@H](O)C1. The molecule has 1 aliphatic rings. The maximum absolute atomic E-state index is 13.9. The van der Waals surface area contributed by atoms with Crippen molar-refractivity contribution in [1.29, 1.82) is 0 Å². The predicted molar refractivity (Wildman–Crippen MR) is 122 cm³/mol. The molecule has 3 N–H and O–H groups in total. The summed E-state index contributed by atoms with van der Waals surface area (Å²) in [5, 5.41) is 20.1. The maximum atomic E-state index is 13.9. The second kappa shape index (κ2) is 9.20. The van der Waals surface area contributed by atoms with Gasteiger partial charge in [-0.2, -0.15) is 4.31 Å². The number of β-amino-alcohol motifs (C(OH)–C–C–N with tert-alkyl or cyclic N) is 2. The van der Waals surface area contributed by atoms with Crippen LogP contribution in [-0.4, -0.2) is 58.2 Å². The molecule has 170 valence electrons. The van der Waals surface area contributed by atoms with Crippen LogP contribution < -0.4 is 0 Å². The van der Waals surface area contributed by atoms with Gasteiger partial charge in [0.1, 0.15) is 16.5 Å². The van der Waals surface area contributed by atoms with E-state index in [9.17, 15) is 23.0 Å². The molecule has 1 aliphatic heterocycles. The van der Waals surface area contributed by atoms with Gasteiger partial charge in [-0.25, -0.2) is 17.8 Å². The number of sulfonamides is 1. The van der Waals surface area contributed by atoms with Crippen LogP contribution in [0.1, 0.15) is 12.8 Å². The molecule has 2 aromatic carbocycles. The molecule has 0 aliphatic carbocycles. The molecule has 0 saturated carbocycles. The summed E-state index contributed by atoms with van der Waals surface area (Å²) in [6, 6.07) is 9.13. The van der Waals surface area contributed by atoms with Crippen LogP contribution in [0.25, 0.3) is 22.6 Å². The van der Waals surface area contributed by atoms with Crippen molar-refractivity contribution >= 4 is 37.6 Å². The molecular weight excluding hydrogens is 525 g/mol. The second-order valence-corrected chi connectivity index (χ2v) is 10.8.